The van der Waals surface area contributed by atoms with Crippen LogP contribution in [0.3, 0.4) is 0 Å². The molecule has 3 nitrogen and oxygen atoms in total. The fourth-order valence-corrected chi connectivity index (χ4v) is 1.86. The Morgan fingerprint density at radius 2 is 2.11 bits per heavy atom. The van der Waals surface area contributed by atoms with Gasteiger partial charge in [-0.2, -0.15) is 0 Å². The van der Waals surface area contributed by atoms with Crippen LogP contribution in [0.5, 0.6) is 5.75 Å². The summed E-state index contributed by atoms with van der Waals surface area (Å²) in [6, 6.07) is 7.76. The van der Waals surface area contributed by atoms with Gasteiger partial charge in [0.1, 0.15) is 11.6 Å². The number of phenols is 1. The molecule has 1 aromatic heterocycles. The normalized spacial score (nSPS) is 12.4. The van der Waals surface area contributed by atoms with E-state index in [1.165, 1.54) is 18.2 Å². The maximum Gasteiger partial charge on any atom is 0.123 e. The van der Waals surface area contributed by atoms with Crippen LogP contribution in [-0.2, 0) is 6.54 Å². The van der Waals surface area contributed by atoms with E-state index in [4.69, 9.17) is 0 Å². The second-order valence-corrected chi connectivity index (χ2v) is 4.61. The zero-order chi connectivity index (χ0) is 13.8. The van der Waals surface area contributed by atoms with Crippen LogP contribution in [-0.4, -0.2) is 10.1 Å². The largest absolute Gasteiger partial charge is 0.508 e. The lowest BCUT2D eigenvalue weighted by Gasteiger charge is -2.15. The van der Waals surface area contributed by atoms with Crippen LogP contribution in [0.1, 0.15) is 29.8 Å². The Labute approximate surface area is 112 Å². The highest BCUT2D eigenvalue weighted by Gasteiger charge is 2.11. The molecule has 100 valence electrons. The highest BCUT2D eigenvalue weighted by atomic mass is 19.1. The number of halogens is 1. The minimum Gasteiger partial charge on any atom is -0.508 e. The number of hydrogen-bond donors (Lipinski definition) is 2. The van der Waals surface area contributed by atoms with Gasteiger partial charge in [0.15, 0.2) is 0 Å². The third-order valence-electron chi connectivity index (χ3n) is 3.04. The second-order valence-electron chi connectivity index (χ2n) is 4.61. The molecule has 0 saturated heterocycles. The van der Waals surface area contributed by atoms with E-state index in [0.717, 1.165) is 11.3 Å². The fourth-order valence-electron chi connectivity index (χ4n) is 1.86. The van der Waals surface area contributed by atoms with Gasteiger partial charge >= 0.3 is 0 Å². The van der Waals surface area contributed by atoms with E-state index < -0.39 is 0 Å². The van der Waals surface area contributed by atoms with Gasteiger partial charge in [-0.1, -0.05) is 6.07 Å². The molecular formula is C15H17FN2O. The van der Waals surface area contributed by atoms with Crippen LogP contribution in [0.25, 0.3) is 0 Å². The molecule has 19 heavy (non-hydrogen) atoms. The Bertz CT molecular complexity index is 555. The third kappa shape index (κ3) is 3.51. The molecule has 2 rings (SSSR count). The van der Waals surface area contributed by atoms with E-state index in [9.17, 15) is 9.50 Å². The first-order valence-electron chi connectivity index (χ1n) is 6.19. The summed E-state index contributed by atoms with van der Waals surface area (Å²) >= 11 is 0. The van der Waals surface area contributed by atoms with E-state index in [2.05, 4.69) is 10.3 Å². The minimum atomic E-state index is -0.349. The van der Waals surface area contributed by atoms with Crippen molar-refractivity contribution in [2.24, 2.45) is 0 Å². The molecule has 2 aromatic rings. The summed E-state index contributed by atoms with van der Waals surface area (Å²) in [5.41, 5.74) is 2.58. The highest BCUT2D eigenvalue weighted by molar-refractivity contribution is 5.34. The second kappa shape index (κ2) is 5.80. The van der Waals surface area contributed by atoms with Crippen molar-refractivity contribution in [1.29, 1.82) is 0 Å². The summed E-state index contributed by atoms with van der Waals surface area (Å²) < 4.78 is 13.2. The van der Waals surface area contributed by atoms with Gasteiger partial charge in [0.25, 0.3) is 0 Å². The van der Waals surface area contributed by atoms with Gasteiger partial charge in [0, 0.05) is 30.0 Å². The molecule has 1 unspecified atom stereocenters. The molecule has 0 aliphatic carbocycles. The summed E-state index contributed by atoms with van der Waals surface area (Å²) in [5, 5.41) is 13.0. The number of hydrogen-bond acceptors (Lipinski definition) is 3. The van der Waals surface area contributed by atoms with E-state index in [0.29, 0.717) is 12.1 Å². The van der Waals surface area contributed by atoms with Crippen LogP contribution in [0.2, 0.25) is 0 Å². The van der Waals surface area contributed by atoms with Crippen LogP contribution in [0, 0.1) is 12.7 Å². The number of benzene rings is 1. The molecule has 2 N–H and O–H groups in total. The number of nitrogens with one attached hydrogen (secondary N) is 1. The third-order valence-corrected chi connectivity index (χ3v) is 3.04. The summed E-state index contributed by atoms with van der Waals surface area (Å²) in [6.45, 7) is 4.44. The van der Waals surface area contributed by atoms with Crippen molar-refractivity contribution in [3.8, 4) is 5.75 Å². The molecule has 0 bridgehead atoms. The van der Waals surface area contributed by atoms with Crippen molar-refractivity contribution in [1.82, 2.24) is 10.3 Å². The molecule has 0 radical (unpaired) electrons. The molecule has 0 amide bonds. The number of nitrogens with zero attached hydrogens (tertiary/aromatic N) is 1. The summed E-state index contributed by atoms with van der Waals surface area (Å²) in [4.78, 5) is 4.21. The Morgan fingerprint density at radius 3 is 2.79 bits per heavy atom. The molecule has 1 atom stereocenters. The number of aromatic nitrogens is 1. The summed E-state index contributed by atoms with van der Waals surface area (Å²) in [5.74, 6) is -0.248. The molecular weight excluding hydrogens is 243 g/mol. The van der Waals surface area contributed by atoms with Crippen LogP contribution in [0.4, 0.5) is 4.39 Å². The predicted octanol–water partition coefficient (Wildman–Crippen LogP) is 3.09. The first kappa shape index (κ1) is 13.5. The Hall–Kier alpha value is -1.94. The van der Waals surface area contributed by atoms with Crippen LogP contribution < -0.4 is 5.32 Å². The number of aryl methyl sites for hydroxylation is 1. The average Bonchev–Trinajstić information content (AvgIpc) is 2.40. The number of rotatable bonds is 4. The lowest BCUT2D eigenvalue weighted by molar-refractivity contribution is 0.449. The zero-order valence-electron chi connectivity index (χ0n) is 11.0. The molecule has 0 aliphatic rings. The highest BCUT2D eigenvalue weighted by Crippen LogP contribution is 2.24. The monoisotopic (exact) mass is 260 g/mol. The Morgan fingerprint density at radius 1 is 1.32 bits per heavy atom. The quantitative estimate of drug-likeness (QED) is 0.888. The zero-order valence-corrected chi connectivity index (χ0v) is 11.0. The SMILES string of the molecule is Cc1ccc(CNC(C)c2cc(F)ccc2O)cn1. The molecule has 1 aromatic carbocycles. The van der Waals surface area contributed by atoms with E-state index in [-0.39, 0.29) is 17.6 Å². The van der Waals surface area contributed by atoms with Crippen molar-refractivity contribution in [3.63, 3.8) is 0 Å². The predicted molar refractivity (Wildman–Crippen MR) is 72.3 cm³/mol. The number of pyridine rings is 1. The standard InChI is InChI=1S/C15H17FN2O/c1-10-3-4-12(8-17-10)9-18-11(2)14-7-13(16)5-6-15(14)19/h3-8,11,18-19H,9H2,1-2H3. The fraction of sp³-hybridized carbons (Fsp3) is 0.267. The molecule has 0 fully saturated rings. The molecule has 0 aliphatic heterocycles. The summed E-state index contributed by atoms with van der Waals surface area (Å²) in [7, 11) is 0. The lowest BCUT2D eigenvalue weighted by atomic mass is 10.1. The van der Waals surface area contributed by atoms with Gasteiger partial charge in [-0.15, -0.1) is 0 Å². The van der Waals surface area contributed by atoms with Crippen LogP contribution >= 0.6 is 0 Å². The molecule has 1 heterocycles. The number of aromatic hydroxyl groups is 1. The number of phenolic OH excluding ortho intramolecular Hbond substituents is 1. The minimum absolute atomic E-state index is 0.100. The first-order valence-corrected chi connectivity index (χ1v) is 6.19. The van der Waals surface area contributed by atoms with Crippen molar-refractivity contribution >= 4 is 0 Å². The van der Waals surface area contributed by atoms with Crippen molar-refractivity contribution in [2.75, 3.05) is 0 Å². The van der Waals surface area contributed by atoms with Gasteiger partial charge in [0.05, 0.1) is 0 Å². The van der Waals surface area contributed by atoms with Gasteiger partial charge in [0.2, 0.25) is 0 Å². The maximum atomic E-state index is 13.2. The average molecular weight is 260 g/mol. The Kier molecular flexibility index (Phi) is 4.12. The van der Waals surface area contributed by atoms with Crippen molar-refractivity contribution in [2.45, 2.75) is 26.4 Å². The van der Waals surface area contributed by atoms with Gasteiger partial charge in [-0.3, -0.25) is 4.98 Å². The van der Waals surface area contributed by atoms with Gasteiger partial charge in [-0.05, 0) is 43.7 Å². The van der Waals surface area contributed by atoms with Crippen LogP contribution in [0.15, 0.2) is 36.5 Å². The van der Waals surface area contributed by atoms with Crippen molar-refractivity contribution < 1.29 is 9.50 Å². The lowest BCUT2D eigenvalue weighted by Crippen LogP contribution is -2.18. The molecule has 0 spiro atoms. The summed E-state index contributed by atoms with van der Waals surface area (Å²) in [6.07, 6.45) is 1.81. The maximum absolute atomic E-state index is 13.2. The smallest absolute Gasteiger partial charge is 0.123 e. The topological polar surface area (TPSA) is 45.1 Å². The van der Waals surface area contributed by atoms with E-state index in [1.54, 1.807) is 6.20 Å². The first-order chi connectivity index (χ1) is 9.06. The van der Waals surface area contributed by atoms with E-state index in [1.807, 2.05) is 26.0 Å². The van der Waals surface area contributed by atoms with E-state index >= 15 is 0 Å². The Balaban J connectivity index is 2.03. The molecule has 4 heteroatoms. The molecule has 0 saturated carbocycles. The van der Waals surface area contributed by atoms with Crippen molar-refractivity contribution in [3.05, 3.63) is 59.2 Å². The van der Waals surface area contributed by atoms with Gasteiger partial charge < -0.3 is 10.4 Å². The van der Waals surface area contributed by atoms with Gasteiger partial charge in [-0.25, -0.2) is 4.39 Å².